The molecule has 0 bridgehead atoms. The Hall–Kier alpha value is -1.64. The molecule has 0 aliphatic rings. The molecule has 0 spiro atoms. The smallest absolute Gasteiger partial charge is 0.428 e. The molecule has 0 aromatic carbocycles. The van der Waals surface area contributed by atoms with Crippen LogP contribution in [0.25, 0.3) is 0 Å². The number of aromatic nitrogens is 1. The van der Waals surface area contributed by atoms with Crippen LogP contribution in [-0.2, 0) is 22.1 Å². The largest absolute Gasteiger partial charge is 0.461 e. The van der Waals surface area contributed by atoms with E-state index >= 15 is 0 Å². The quantitative estimate of drug-likeness (QED) is 0.845. The van der Waals surface area contributed by atoms with E-state index in [2.05, 4.69) is 9.72 Å². The molecule has 0 aliphatic carbocycles. The van der Waals surface area contributed by atoms with Crippen LogP contribution in [0, 0.1) is 0 Å². The third-order valence-corrected chi connectivity index (χ3v) is 2.82. The number of ether oxygens (including phenoxy) is 1. The lowest BCUT2D eigenvalue weighted by molar-refractivity contribution is -0.135. The third-order valence-electron chi connectivity index (χ3n) is 1.72. The van der Waals surface area contributed by atoms with Gasteiger partial charge in [-0.05, 0) is 6.92 Å². The summed E-state index contributed by atoms with van der Waals surface area (Å²) in [6.07, 6.45) is -5.18. The van der Waals surface area contributed by atoms with Gasteiger partial charge in [0.2, 0.25) is 5.91 Å². The Morgan fingerprint density at radius 1 is 1.44 bits per heavy atom. The summed E-state index contributed by atoms with van der Waals surface area (Å²) in [6, 6.07) is 0. The molecule has 1 aromatic heterocycles. The molecule has 1 heterocycles. The maximum absolute atomic E-state index is 12.6. The van der Waals surface area contributed by atoms with Gasteiger partial charge in [-0.2, -0.15) is 13.2 Å². The highest BCUT2D eigenvalue weighted by atomic mass is 32.1. The maximum atomic E-state index is 12.6. The fraction of sp³-hybridized carbons (Fsp3) is 0.444. The van der Waals surface area contributed by atoms with Gasteiger partial charge in [0.05, 0.1) is 13.0 Å². The van der Waals surface area contributed by atoms with E-state index in [1.165, 1.54) is 6.92 Å². The number of hydrogen-bond acceptors (Lipinski definition) is 5. The zero-order valence-corrected chi connectivity index (χ0v) is 10.0. The monoisotopic (exact) mass is 282 g/mol. The summed E-state index contributed by atoms with van der Waals surface area (Å²) in [6.45, 7) is 1.39. The van der Waals surface area contributed by atoms with Crippen LogP contribution >= 0.6 is 11.3 Å². The van der Waals surface area contributed by atoms with Gasteiger partial charge in [-0.25, -0.2) is 9.78 Å². The molecule has 1 aromatic rings. The topological polar surface area (TPSA) is 82.3 Å². The highest BCUT2D eigenvalue weighted by Crippen LogP contribution is 2.36. The van der Waals surface area contributed by atoms with Crippen molar-refractivity contribution in [2.45, 2.75) is 19.5 Å². The molecule has 5 nitrogen and oxygen atoms in total. The fourth-order valence-corrected chi connectivity index (χ4v) is 2.05. The Morgan fingerprint density at radius 2 is 2.06 bits per heavy atom. The van der Waals surface area contributed by atoms with E-state index in [9.17, 15) is 22.8 Å². The average molecular weight is 282 g/mol. The number of amides is 1. The Labute approximate surface area is 104 Å². The van der Waals surface area contributed by atoms with Crippen LogP contribution < -0.4 is 5.73 Å². The van der Waals surface area contributed by atoms with Gasteiger partial charge in [0, 0.05) is 0 Å². The van der Waals surface area contributed by atoms with Crippen molar-refractivity contribution in [3.63, 3.8) is 0 Å². The zero-order chi connectivity index (χ0) is 13.9. The number of primary amides is 1. The van der Waals surface area contributed by atoms with Crippen molar-refractivity contribution in [2.24, 2.45) is 5.73 Å². The van der Waals surface area contributed by atoms with E-state index in [-0.39, 0.29) is 23.0 Å². The predicted molar refractivity (Wildman–Crippen MR) is 56.0 cm³/mol. The van der Waals surface area contributed by atoms with Crippen LogP contribution in [0.15, 0.2) is 0 Å². The Balaban J connectivity index is 3.17. The van der Waals surface area contributed by atoms with E-state index in [0.29, 0.717) is 0 Å². The van der Waals surface area contributed by atoms with Crippen molar-refractivity contribution in [3.05, 3.63) is 15.6 Å². The van der Waals surface area contributed by atoms with Crippen molar-refractivity contribution in [1.82, 2.24) is 4.98 Å². The summed E-state index contributed by atoms with van der Waals surface area (Å²) in [4.78, 5) is 24.2. The predicted octanol–water partition coefficient (Wildman–Crippen LogP) is 1.37. The molecule has 0 saturated carbocycles. The Morgan fingerprint density at radius 3 is 2.50 bits per heavy atom. The molecule has 0 fully saturated rings. The molecule has 2 N–H and O–H groups in total. The molecule has 100 valence electrons. The SMILES string of the molecule is CCOC(=O)c1nc(CC(N)=O)sc1C(F)(F)F. The van der Waals surface area contributed by atoms with Crippen molar-refractivity contribution in [2.75, 3.05) is 6.61 Å². The third kappa shape index (κ3) is 3.42. The first-order valence-electron chi connectivity index (χ1n) is 4.78. The second-order valence-corrected chi connectivity index (χ2v) is 4.23. The molecule has 9 heteroatoms. The number of nitrogens with zero attached hydrogens (tertiary/aromatic N) is 1. The number of esters is 1. The number of rotatable bonds is 4. The average Bonchev–Trinajstić information content (AvgIpc) is 2.60. The lowest BCUT2D eigenvalue weighted by Crippen LogP contribution is -2.14. The van der Waals surface area contributed by atoms with E-state index in [4.69, 9.17) is 5.73 Å². The summed E-state index contributed by atoms with van der Waals surface area (Å²) >= 11 is 0.211. The van der Waals surface area contributed by atoms with Crippen LogP contribution in [0.3, 0.4) is 0 Å². The highest BCUT2D eigenvalue weighted by molar-refractivity contribution is 7.12. The molecule has 1 amide bonds. The lowest BCUT2D eigenvalue weighted by Gasteiger charge is -2.05. The van der Waals surface area contributed by atoms with Crippen LogP contribution in [0.2, 0.25) is 0 Å². The van der Waals surface area contributed by atoms with Gasteiger partial charge >= 0.3 is 12.1 Å². The summed E-state index contributed by atoms with van der Waals surface area (Å²) < 4.78 is 42.4. The summed E-state index contributed by atoms with van der Waals surface area (Å²) in [5, 5.41) is -0.169. The van der Waals surface area contributed by atoms with Gasteiger partial charge < -0.3 is 10.5 Å². The molecule has 0 saturated heterocycles. The van der Waals surface area contributed by atoms with Crippen LogP contribution in [0.1, 0.15) is 27.3 Å². The van der Waals surface area contributed by atoms with Gasteiger partial charge in [-0.1, -0.05) is 0 Å². The number of thiazole rings is 1. The van der Waals surface area contributed by atoms with Crippen molar-refractivity contribution in [1.29, 1.82) is 0 Å². The Bertz CT molecular complexity index is 470. The minimum Gasteiger partial charge on any atom is -0.461 e. The number of carbonyl (C=O) groups excluding carboxylic acids is 2. The molecular weight excluding hydrogens is 273 g/mol. The zero-order valence-electron chi connectivity index (χ0n) is 9.21. The second-order valence-electron chi connectivity index (χ2n) is 3.15. The molecule has 18 heavy (non-hydrogen) atoms. The Kier molecular flexibility index (Phi) is 4.28. The van der Waals surface area contributed by atoms with Gasteiger partial charge in [-0.3, -0.25) is 4.79 Å². The molecule has 0 radical (unpaired) electrons. The van der Waals surface area contributed by atoms with Crippen molar-refractivity contribution < 1.29 is 27.5 Å². The number of hydrogen-bond donors (Lipinski definition) is 1. The fourth-order valence-electron chi connectivity index (χ4n) is 1.12. The van der Waals surface area contributed by atoms with Gasteiger partial charge in [-0.15, -0.1) is 11.3 Å². The number of alkyl halides is 3. The van der Waals surface area contributed by atoms with Crippen LogP contribution in [0.4, 0.5) is 13.2 Å². The van der Waals surface area contributed by atoms with E-state index in [1.807, 2.05) is 0 Å². The van der Waals surface area contributed by atoms with E-state index in [1.54, 1.807) is 0 Å². The van der Waals surface area contributed by atoms with Gasteiger partial charge in [0.25, 0.3) is 0 Å². The second kappa shape index (κ2) is 5.34. The van der Waals surface area contributed by atoms with E-state index < -0.39 is 35.0 Å². The summed E-state index contributed by atoms with van der Waals surface area (Å²) in [5.74, 6) is -2.00. The molecule has 1 rings (SSSR count). The van der Waals surface area contributed by atoms with E-state index in [0.717, 1.165) is 0 Å². The highest BCUT2D eigenvalue weighted by Gasteiger charge is 2.39. The summed E-state index contributed by atoms with van der Waals surface area (Å²) in [5.41, 5.74) is 4.03. The van der Waals surface area contributed by atoms with Crippen molar-refractivity contribution in [3.8, 4) is 0 Å². The minimum atomic E-state index is -4.73. The maximum Gasteiger partial charge on any atom is 0.428 e. The number of carbonyl (C=O) groups is 2. The minimum absolute atomic E-state index is 0.0706. The normalized spacial score (nSPS) is 11.3. The molecule has 0 unspecified atom stereocenters. The van der Waals surface area contributed by atoms with Crippen LogP contribution in [-0.4, -0.2) is 23.5 Å². The first-order valence-corrected chi connectivity index (χ1v) is 5.59. The first-order chi connectivity index (χ1) is 8.25. The standard InChI is InChI=1S/C9H9F3N2O3S/c1-2-17-8(16)6-7(9(10,11)12)18-5(14-6)3-4(13)15/h2-3H2,1H3,(H2,13,15). The number of halogens is 3. The molecule has 0 atom stereocenters. The van der Waals surface area contributed by atoms with Crippen LogP contribution in [0.5, 0.6) is 0 Å². The first kappa shape index (κ1) is 14.4. The lowest BCUT2D eigenvalue weighted by atomic mass is 10.3. The molecule has 0 aliphatic heterocycles. The molecular formula is C9H9F3N2O3S. The van der Waals surface area contributed by atoms with Crippen molar-refractivity contribution >= 4 is 23.2 Å². The summed E-state index contributed by atoms with van der Waals surface area (Å²) in [7, 11) is 0. The van der Waals surface area contributed by atoms with Gasteiger partial charge in [0.15, 0.2) is 5.69 Å². The number of nitrogens with two attached hydrogens (primary N) is 1. The van der Waals surface area contributed by atoms with Gasteiger partial charge in [0.1, 0.15) is 9.88 Å².